The predicted molar refractivity (Wildman–Crippen MR) is 72.4 cm³/mol. The van der Waals surface area contributed by atoms with Gasteiger partial charge in [0.15, 0.2) is 5.78 Å². The molecule has 1 aromatic carbocycles. The molecule has 0 saturated heterocycles. The van der Waals surface area contributed by atoms with E-state index in [4.69, 9.17) is 4.74 Å². The lowest BCUT2D eigenvalue weighted by Crippen LogP contribution is -2.06. The highest BCUT2D eigenvalue weighted by Crippen LogP contribution is 2.15. The average Bonchev–Trinajstić information content (AvgIpc) is 2.38. The van der Waals surface area contributed by atoms with Crippen molar-refractivity contribution in [1.29, 1.82) is 0 Å². The summed E-state index contributed by atoms with van der Waals surface area (Å²) in [4.78, 5) is 22.8. The Balaban J connectivity index is 2.46. The highest BCUT2D eigenvalue weighted by molar-refractivity contribution is 5.96. The largest absolute Gasteiger partial charge is 0.491 e. The summed E-state index contributed by atoms with van der Waals surface area (Å²) in [5.41, 5.74) is 0.640. The van der Waals surface area contributed by atoms with Gasteiger partial charge in [0.2, 0.25) is 0 Å². The zero-order valence-corrected chi connectivity index (χ0v) is 11.6. The summed E-state index contributed by atoms with van der Waals surface area (Å²) >= 11 is 0. The Kier molecular flexibility index (Phi) is 6.06. The molecule has 1 aromatic rings. The Morgan fingerprint density at radius 2 is 1.74 bits per heavy atom. The summed E-state index contributed by atoms with van der Waals surface area (Å²) in [5.74, 6) is 0.495. The van der Waals surface area contributed by atoms with E-state index in [2.05, 4.69) is 4.74 Å². The van der Waals surface area contributed by atoms with Crippen LogP contribution in [0.5, 0.6) is 5.75 Å². The van der Waals surface area contributed by atoms with Gasteiger partial charge in [-0.05, 0) is 44.5 Å². The molecule has 0 aliphatic heterocycles. The van der Waals surface area contributed by atoms with Crippen LogP contribution in [0, 0.1) is 0 Å². The fourth-order valence-electron chi connectivity index (χ4n) is 1.63. The van der Waals surface area contributed by atoms with Crippen LogP contribution in [0.15, 0.2) is 24.3 Å². The second-order valence-corrected chi connectivity index (χ2v) is 4.54. The van der Waals surface area contributed by atoms with Gasteiger partial charge in [-0.25, -0.2) is 0 Å². The minimum atomic E-state index is -0.284. The van der Waals surface area contributed by atoms with E-state index in [-0.39, 0.29) is 24.3 Å². The molecule has 4 nitrogen and oxygen atoms in total. The normalized spacial score (nSPS) is 10.3. The number of benzene rings is 1. The van der Waals surface area contributed by atoms with Gasteiger partial charge in [0.1, 0.15) is 5.75 Å². The van der Waals surface area contributed by atoms with Gasteiger partial charge in [-0.15, -0.1) is 0 Å². The topological polar surface area (TPSA) is 52.6 Å². The van der Waals surface area contributed by atoms with E-state index in [0.717, 1.165) is 5.75 Å². The van der Waals surface area contributed by atoms with Crippen molar-refractivity contribution < 1.29 is 19.1 Å². The van der Waals surface area contributed by atoms with E-state index in [1.165, 1.54) is 7.11 Å². The smallest absolute Gasteiger partial charge is 0.305 e. The van der Waals surface area contributed by atoms with E-state index < -0.39 is 0 Å². The van der Waals surface area contributed by atoms with Crippen LogP contribution in [0.1, 0.15) is 43.5 Å². The highest BCUT2D eigenvalue weighted by atomic mass is 16.5. The average molecular weight is 264 g/mol. The van der Waals surface area contributed by atoms with Crippen LogP contribution >= 0.6 is 0 Å². The molecule has 0 N–H and O–H groups in total. The molecule has 0 atom stereocenters. The van der Waals surface area contributed by atoms with Crippen LogP contribution in [0.3, 0.4) is 0 Å². The molecule has 0 aromatic heterocycles. The SMILES string of the molecule is COC(=O)CCCC(=O)c1ccc(OC(C)C)cc1. The summed E-state index contributed by atoms with van der Waals surface area (Å²) in [5, 5.41) is 0. The first-order valence-corrected chi connectivity index (χ1v) is 6.39. The molecule has 0 bridgehead atoms. The minimum Gasteiger partial charge on any atom is -0.491 e. The lowest BCUT2D eigenvalue weighted by molar-refractivity contribution is -0.140. The zero-order valence-electron chi connectivity index (χ0n) is 11.6. The van der Waals surface area contributed by atoms with Gasteiger partial charge in [-0.1, -0.05) is 0 Å². The molecule has 0 aliphatic rings. The molecule has 0 spiro atoms. The third kappa shape index (κ3) is 5.55. The van der Waals surface area contributed by atoms with Gasteiger partial charge in [0.25, 0.3) is 0 Å². The molecule has 0 saturated carbocycles. The first-order valence-electron chi connectivity index (χ1n) is 6.39. The van der Waals surface area contributed by atoms with Crippen molar-refractivity contribution in [3.05, 3.63) is 29.8 Å². The molecule has 1 rings (SSSR count). The summed E-state index contributed by atoms with van der Waals surface area (Å²) in [6.45, 7) is 3.90. The van der Waals surface area contributed by atoms with E-state index in [1.807, 2.05) is 13.8 Å². The number of hydrogen-bond acceptors (Lipinski definition) is 4. The van der Waals surface area contributed by atoms with Crippen molar-refractivity contribution in [1.82, 2.24) is 0 Å². The van der Waals surface area contributed by atoms with Gasteiger partial charge in [0.05, 0.1) is 13.2 Å². The first kappa shape index (κ1) is 15.2. The number of ketones is 1. The number of carbonyl (C=O) groups is 2. The molecule has 0 fully saturated rings. The van der Waals surface area contributed by atoms with Crippen LogP contribution in [0.2, 0.25) is 0 Å². The van der Waals surface area contributed by atoms with Gasteiger partial charge in [0, 0.05) is 18.4 Å². The molecule has 104 valence electrons. The summed E-state index contributed by atoms with van der Waals surface area (Å²) in [7, 11) is 1.34. The molecular formula is C15H20O4. The maximum absolute atomic E-state index is 11.9. The highest BCUT2D eigenvalue weighted by Gasteiger charge is 2.08. The molecular weight excluding hydrogens is 244 g/mol. The van der Waals surface area contributed by atoms with Crippen molar-refractivity contribution in [3.63, 3.8) is 0 Å². The third-order valence-electron chi connectivity index (χ3n) is 2.56. The number of rotatable bonds is 7. The molecule has 0 unspecified atom stereocenters. The van der Waals surface area contributed by atoms with Crippen LogP contribution in [0.4, 0.5) is 0 Å². The fourth-order valence-corrected chi connectivity index (χ4v) is 1.63. The standard InChI is InChI=1S/C15H20O4/c1-11(2)19-13-9-7-12(8-10-13)14(16)5-4-6-15(17)18-3/h7-11H,4-6H2,1-3H3. The maximum Gasteiger partial charge on any atom is 0.305 e. The van der Waals surface area contributed by atoms with Gasteiger partial charge in [-0.3, -0.25) is 9.59 Å². The number of esters is 1. The lowest BCUT2D eigenvalue weighted by Gasteiger charge is -2.09. The Morgan fingerprint density at radius 1 is 1.11 bits per heavy atom. The first-order chi connectivity index (χ1) is 9.02. The van der Waals surface area contributed by atoms with Crippen LogP contribution in [-0.2, 0) is 9.53 Å². The zero-order chi connectivity index (χ0) is 14.3. The van der Waals surface area contributed by atoms with Crippen molar-refractivity contribution in [2.45, 2.75) is 39.2 Å². The van der Waals surface area contributed by atoms with Gasteiger partial charge in [-0.2, -0.15) is 0 Å². The number of carbonyl (C=O) groups excluding carboxylic acids is 2. The molecule has 19 heavy (non-hydrogen) atoms. The number of hydrogen-bond donors (Lipinski definition) is 0. The molecule has 0 heterocycles. The molecule has 0 aliphatic carbocycles. The van der Waals surface area contributed by atoms with Gasteiger partial charge >= 0.3 is 5.97 Å². The molecule has 0 amide bonds. The van der Waals surface area contributed by atoms with Crippen LogP contribution in [0.25, 0.3) is 0 Å². The second-order valence-electron chi connectivity index (χ2n) is 4.54. The Morgan fingerprint density at radius 3 is 2.26 bits per heavy atom. The van der Waals surface area contributed by atoms with Crippen molar-refractivity contribution in [2.24, 2.45) is 0 Å². The maximum atomic E-state index is 11.9. The fraction of sp³-hybridized carbons (Fsp3) is 0.467. The second kappa shape index (κ2) is 7.56. The minimum absolute atomic E-state index is 0.0278. The van der Waals surface area contributed by atoms with E-state index in [1.54, 1.807) is 24.3 Å². The lowest BCUT2D eigenvalue weighted by atomic mass is 10.1. The van der Waals surface area contributed by atoms with Gasteiger partial charge < -0.3 is 9.47 Å². The number of ether oxygens (including phenoxy) is 2. The van der Waals surface area contributed by atoms with Crippen molar-refractivity contribution in [2.75, 3.05) is 7.11 Å². The summed E-state index contributed by atoms with van der Waals surface area (Å²) in [6, 6.07) is 7.07. The van der Waals surface area contributed by atoms with E-state index >= 15 is 0 Å². The quantitative estimate of drug-likeness (QED) is 0.561. The summed E-state index contributed by atoms with van der Waals surface area (Å²) < 4.78 is 10.0. The molecule has 4 heteroatoms. The monoisotopic (exact) mass is 264 g/mol. The number of methoxy groups -OCH3 is 1. The predicted octanol–water partition coefficient (Wildman–Crippen LogP) is 3.00. The summed E-state index contributed by atoms with van der Waals surface area (Å²) in [6.07, 6.45) is 1.24. The number of Topliss-reactive ketones (excluding diaryl/α,β-unsaturated/α-hetero) is 1. The van der Waals surface area contributed by atoms with Crippen molar-refractivity contribution >= 4 is 11.8 Å². The Bertz CT molecular complexity index is 420. The van der Waals surface area contributed by atoms with E-state index in [0.29, 0.717) is 18.4 Å². The third-order valence-corrected chi connectivity index (χ3v) is 2.56. The van der Waals surface area contributed by atoms with Crippen LogP contribution in [-0.4, -0.2) is 25.0 Å². The van der Waals surface area contributed by atoms with E-state index in [9.17, 15) is 9.59 Å². The Hall–Kier alpha value is -1.84. The molecule has 0 radical (unpaired) electrons. The van der Waals surface area contributed by atoms with Crippen molar-refractivity contribution in [3.8, 4) is 5.75 Å². The van der Waals surface area contributed by atoms with Crippen LogP contribution < -0.4 is 4.74 Å². The Labute approximate surface area is 113 Å².